The molecule has 2 amide bonds. The fourth-order valence-electron chi connectivity index (χ4n) is 3.51. The van der Waals surface area contributed by atoms with Crippen molar-refractivity contribution in [1.82, 2.24) is 4.90 Å². The molecule has 0 saturated carbocycles. The molecule has 162 valence electrons. The molecule has 0 aliphatic carbocycles. The van der Waals surface area contributed by atoms with E-state index in [0.29, 0.717) is 22.6 Å². The standard InChI is InChI=1S/C24H26N2O4S/c1-2-3-4-5-6-10-17-25-23(27)21(18-13-15-19(16-14-18)26(29)30)22(24(25)28)31-20-11-8-7-9-12-20/h7-9,11-16H,2-6,10,17H2,1H3. The zero-order valence-electron chi connectivity index (χ0n) is 17.6. The molecule has 0 atom stereocenters. The molecule has 0 fully saturated rings. The van der Waals surface area contributed by atoms with Gasteiger partial charge in [0.1, 0.15) is 0 Å². The molecule has 1 aliphatic rings. The molecule has 0 bridgehead atoms. The van der Waals surface area contributed by atoms with Crippen LogP contribution in [0.15, 0.2) is 64.4 Å². The molecule has 1 heterocycles. The predicted molar refractivity (Wildman–Crippen MR) is 122 cm³/mol. The zero-order valence-corrected chi connectivity index (χ0v) is 18.4. The monoisotopic (exact) mass is 438 g/mol. The Morgan fingerprint density at radius 1 is 0.871 bits per heavy atom. The third-order valence-electron chi connectivity index (χ3n) is 5.19. The smallest absolute Gasteiger partial charge is 0.269 e. The molecule has 31 heavy (non-hydrogen) atoms. The van der Waals surface area contributed by atoms with Crippen molar-refractivity contribution in [1.29, 1.82) is 0 Å². The van der Waals surface area contributed by atoms with Gasteiger partial charge < -0.3 is 0 Å². The number of hydrogen-bond donors (Lipinski definition) is 0. The summed E-state index contributed by atoms with van der Waals surface area (Å²) >= 11 is 1.26. The van der Waals surface area contributed by atoms with Crippen molar-refractivity contribution in [3.8, 4) is 0 Å². The van der Waals surface area contributed by atoms with Crippen LogP contribution in [0.5, 0.6) is 0 Å². The molecule has 0 saturated heterocycles. The third kappa shape index (κ3) is 5.61. The van der Waals surface area contributed by atoms with Gasteiger partial charge in [0, 0.05) is 23.6 Å². The van der Waals surface area contributed by atoms with E-state index in [9.17, 15) is 19.7 Å². The summed E-state index contributed by atoms with van der Waals surface area (Å²) in [5.41, 5.74) is 0.787. The van der Waals surface area contributed by atoms with E-state index in [1.165, 1.54) is 48.1 Å². The molecule has 0 radical (unpaired) electrons. The SMILES string of the molecule is CCCCCCCCN1C(=O)C(Sc2ccccc2)=C(c2ccc([N+](=O)[O-])cc2)C1=O. The molecule has 3 rings (SSSR count). The number of amides is 2. The summed E-state index contributed by atoms with van der Waals surface area (Å²) in [5, 5.41) is 11.0. The molecule has 2 aromatic rings. The van der Waals surface area contributed by atoms with Gasteiger partial charge in [0.15, 0.2) is 0 Å². The molecule has 1 aliphatic heterocycles. The van der Waals surface area contributed by atoms with Crippen LogP contribution in [0.4, 0.5) is 5.69 Å². The molecule has 7 heteroatoms. The quantitative estimate of drug-likeness (QED) is 0.191. The average molecular weight is 439 g/mol. The van der Waals surface area contributed by atoms with Crippen LogP contribution in [0, 0.1) is 10.1 Å². The average Bonchev–Trinajstić information content (AvgIpc) is 3.01. The Morgan fingerprint density at radius 2 is 1.52 bits per heavy atom. The zero-order chi connectivity index (χ0) is 22.2. The predicted octanol–water partition coefficient (Wildman–Crippen LogP) is 5.83. The number of carbonyl (C=O) groups excluding carboxylic acids is 2. The van der Waals surface area contributed by atoms with E-state index in [1.807, 2.05) is 30.3 Å². The van der Waals surface area contributed by atoms with Crippen LogP contribution in [0.25, 0.3) is 5.57 Å². The first kappa shape index (κ1) is 22.7. The van der Waals surface area contributed by atoms with Crippen molar-refractivity contribution >= 4 is 34.8 Å². The maximum absolute atomic E-state index is 13.2. The van der Waals surface area contributed by atoms with Crippen molar-refractivity contribution in [2.45, 2.75) is 50.3 Å². The Labute approximate surface area is 186 Å². The number of imide groups is 1. The van der Waals surface area contributed by atoms with Crippen LogP contribution in [0.1, 0.15) is 51.0 Å². The van der Waals surface area contributed by atoms with Crippen molar-refractivity contribution in [2.75, 3.05) is 6.54 Å². The summed E-state index contributed by atoms with van der Waals surface area (Å²) in [5.74, 6) is -0.619. The third-order valence-corrected chi connectivity index (χ3v) is 6.28. The molecular weight excluding hydrogens is 412 g/mol. The van der Waals surface area contributed by atoms with Crippen LogP contribution in [-0.4, -0.2) is 28.2 Å². The normalized spacial score (nSPS) is 13.9. The maximum atomic E-state index is 13.2. The van der Waals surface area contributed by atoms with Gasteiger partial charge in [-0.2, -0.15) is 0 Å². The topological polar surface area (TPSA) is 80.5 Å². The van der Waals surface area contributed by atoms with Gasteiger partial charge in [-0.05, 0) is 36.2 Å². The molecule has 0 unspecified atom stereocenters. The van der Waals surface area contributed by atoms with Gasteiger partial charge in [-0.1, -0.05) is 69.0 Å². The minimum Gasteiger partial charge on any atom is -0.274 e. The number of hydrogen-bond acceptors (Lipinski definition) is 5. The number of non-ortho nitro benzene ring substituents is 1. The minimum absolute atomic E-state index is 0.0534. The van der Waals surface area contributed by atoms with Gasteiger partial charge in [-0.15, -0.1) is 0 Å². The molecule has 2 aromatic carbocycles. The van der Waals surface area contributed by atoms with Crippen molar-refractivity contribution < 1.29 is 14.5 Å². The Bertz CT molecular complexity index is 971. The summed E-state index contributed by atoms with van der Waals surface area (Å²) in [7, 11) is 0. The molecule has 6 nitrogen and oxygen atoms in total. The van der Waals surface area contributed by atoms with E-state index in [2.05, 4.69) is 6.92 Å². The summed E-state index contributed by atoms with van der Waals surface area (Å²) in [6.07, 6.45) is 6.39. The number of nitro benzene ring substituents is 1. The van der Waals surface area contributed by atoms with Gasteiger partial charge in [0.25, 0.3) is 17.5 Å². The Balaban J connectivity index is 1.83. The first-order valence-corrected chi connectivity index (χ1v) is 11.4. The van der Waals surface area contributed by atoms with Crippen molar-refractivity contribution in [3.05, 3.63) is 75.2 Å². The largest absolute Gasteiger partial charge is 0.274 e. The van der Waals surface area contributed by atoms with E-state index in [-0.39, 0.29) is 17.5 Å². The lowest BCUT2D eigenvalue weighted by Crippen LogP contribution is -2.32. The lowest BCUT2D eigenvalue weighted by atomic mass is 10.1. The summed E-state index contributed by atoms with van der Waals surface area (Å²) in [4.78, 5) is 39.4. The Kier molecular flexibility index (Phi) is 8.00. The fraction of sp³-hybridized carbons (Fsp3) is 0.333. The molecule has 0 N–H and O–H groups in total. The number of carbonyl (C=O) groups is 2. The van der Waals surface area contributed by atoms with E-state index in [4.69, 9.17) is 0 Å². The summed E-state index contributed by atoms with van der Waals surface area (Å²) in [6.45, 7) is 2.55. The summed E-state index contributed by atoms with van der Waals surface area (Å²) in [6, 6.07) is 15.2. The van der Waals surface area contributed by atoms with Crippen LogP contribution in [-0.2, 0) is 9.59 Å². The van der Waals surface area contributed by atoms with Crippen molar-refractivity contribution in [3.63, 3.8) is 0 Å². The second kappa shape index (κ2) is 10.9. The van der Waals surface area contributed by atoms with Crippen LogP contribution < -0.4 is 0 Å². The van der Waals surface area contributed by atoms with Gasteiger partial charge in [0.05, 0.1) is 15.4 Å². The lowest BCUT2D eigenvalue weighted by Gasteiger charge is -2.15. The van der Waals surface area contributed by atoms with E-state index in [1.54, 1.807) is 12.1 Å². The van der Waals surface area contributed by atoms with Crippen LogP contribution >= 0.6 is 11.8 Å². The number of nitrogens with zero attached hydrogens (tertiary/aromatic N) is 2. The highest BCUT2D eigenvalue weighted by atomic mass is 32.2. The second-order valence-corrected chi connectivity index (χ2v) is 8.54. The van der Waals surface area contributed by atoms with Gasteiger partial charge in [0.2, 0.25) is 0 Å². The minimum atomic E-state index is -0.482. The van der Waals surface area contributed by atoms with Crippen LogP contribution in [0.2, 0.25) is 0 Å². The number of nitro groups is 1. The highest BCUT2D eigenvalue weighted by Crippen LogP contribution is 2.40. The molecular formula is C24H26N2O4S. The number of benzene rings is 2. The Hall–Kier alpha value is -2.93. The van der Waals surface area contributed by atoms with Gasteiger partial charge >= 0.3 is 0 Å². The Morgan fingerprint density at radius 3 is 2.16 bits per heavy atom. The van der Waals surface area contributed by atoms with E-state index in [0.717, 1.165) is 24.2 Å². The number of unbranched alkanes of at least 4 members (excludes halogenated alkanes) is 5. The highest BCUT2D eigenvalue weighted by Gasteiger charge is 2.39. The van der Waals surface area contributed by atoms with E-state index < -0.39 is 4.92 Å². The summed E-state index contributed by atoms with van der Waals surface area (Å²) < 4.78 is 0. The van der Waals surface area contributed by atoms with E-state index >= 15 is 0 Å². The molecule has 0 spiro atoms. The van der Waals surface area contributed by atoms with Gasteiger partial charge in [-0.25, -0.2) is 0 Å². The number of thioether (sulfide) groups is 1. The lowest BCUT2D eigenvalue weighted by molar-refractivity contribution is -0.384. The van der Waals surface area contributed by atoms with Gasteiger partial charge in [-0.3, -0.25) is 24.6 Å². The van der Waals surface area contributed by atoms with Crippen LogP contribution in [0.3, 0.4) is 0 Å². The second-order valence-electron chi connectivity index (χ2n) is 7.45. The van der Waals surface area contributed by atoms with Crippen molar-refractivity contribution in [2.24, 2.45) is 0 Å². The number of rotatable bonds is 11. The highest BCUT2D eigenvalue weighted by molar-refractivity contribution is 8.04. The molecule has 0 aromatic heterocycles. The first-order chi connectivity index (χ1) is 15.0. The fourth-order valence-corrected chi connectivity index (χ4v) is 4.55. The first-order valence-electron chi connectivity index (χ1n) is 10.6. The maximum Gasteiger partial charge on any atom is 0.269 e.